The highest BCUT2D eigenvalue weighted by molar-refractivity contribution is 6.07. The first-order chi connectivity index (χ1) is 12.7. The van der Waals surface area contributed by atoms with Gasteiger partial charge in [0.05, 0.1) is 25.3 Å². The lowest BCUT2D eigenvalue weighted by Gasteiger charge is -2.16. The van der Waals surface area contributed by atoms with Crippen LogP contribution in [0.3, 0.4) is 0 Å². The molecule has 1 aromatic heterocycles. The monoisotopic (exact) mass is 355 g/mol. The summed E-state index contributed by atoms with van der Waals surface area (Å²) in [4.78, 5) is 12.2. The third-order valence-electron chi connectivity index (χ3n) is 4.11. The number of nitrogens with zero attached hydrogens (tertiary/aromatic N) is 1. The van der Waals surface area contributed by atoms with Gasteiger partial charge in [0.1, 0.15) is 0 Å². The molecule has 0 saturated heterocycles. The van der Waals surface area contributed by atoms with Crippen molar-refractivity contribution in [2.75, 3.05) is 28.1 Å². The first kappa shape index (κ1) is 17.8. The molecular formula is C20H21NO5. The van der Waals surface area contributed by atoms with Crippen LogP contribution in [0.5, 0.6) is 11.5 Å². The van der Waals surface area contributed by atoms with Crippen molar-refractivity contribution < 1.29 is 23.7 Å². The van der Waals surface area contributed by atoms with Gasteiger partial charge in [-0.1, -0.05) is 30.3 Å². The van der Waals surface area contributed by atoms with Gasteiger partial charge >= 0.3 is 5.97 Å². The molecule has 26 heavy (non-hydrogen) atoms. The van der Waals surface area contributed by atoms with Crippen molar-refractivity contribution >= 4 is 16.9 Å². The Hall–Kier alpha value is -2.99. The first-order valence-electron chi connectivity index (χ1n) is 8.13. The maximum Gasteiger partial charge on any atom is 0.338 e. The molecule has 0 N–H and O–H groups in total. The van der Waals surface area contributed by atoms with Gasteiger partial charge in [0.2, 0.25) is 0 Å². The molecule has 3 rings (SSSR count). The molecule has 0 aliphatic rings. The molecule has 0 aliphatic carbocycles. The van der Waals surface area contributed by atoms with Crippen molar-refractivity contribution in [2.24, 2.45) is 0 Å². The van der Waals surface area contributed by atoms with Gasteiger partial charge in [-0.15, -0.1) is 0 Å². The average molecular weight is 355 g/mol. The van der Waals surface area contributed by atoms with Crippen molar-refractivity contribution in [2.45, 2.75) is 6.54 Å². The van der Waals surface area contributed by atoms with Gasteiger partial charge in [-0.3, -0.25) is 0 Å². The van der Waals surface area contributed by atoms with E-state index in [4.69, 9.17) is 18.9 Å². The molecule has 0 fully saturated rings. The van der Waals surface area contributed by atoms with E-state index in [0.717, 1.165) is 16.5 Å². The summed E-state index contributed by atoms with van der Waals surface area (Å²) in [6.45, 7) is 0.695. The smallest absolute Gasteiger partial charge is 0.338 e. The highest BCUT2D eigenvalue weighted by Gasteiger charge is 2.22. The van der Waals surface area contributed by atoms with E-state index >= 15 is 0 Å². The van der Waals surface area contributed by atoms with Crippen molar-refractivity contribution in [1.29, 1.82) is 0 Å². The summed E-state index contributed by atoms with van der Waals surface area (Å²) in [7, 11) is 4.44. The molecule has 0 atom stereocenters. The summed E-state index contributed by atoms with van der Waals surface area (Å²) in [5.41, 5.74) is 2.31. The largest absolute Gasteiger partial charge is 0.493 e. The third-order valence-corrected chi connectivity index (χ3v) is 4.11. The zero-order valence-corrected chi connectivity index (χ0v) is 15.0. The van der Waals surface area contributed by atoms with Crippen LogP contribution in [0, 0.1) is 0 Å². The van der Waals surface area contributed by atoms with E-state index in [9.17, 15) is 4.79 Å². The number of aromatic nitrogens is 1. The maximum absolute atomic E-state index is 12.2. The summed E-state index contributed by atoms with van der Waals surface area (Å²) in [6, 6.07) is 13.6. The molecule has 0 aliphatic heterocycles. The lowest BCUT2D eigenvalue weighted by Crippen LogP contribution is -2.08. The van der Waals surface area contributed by atoms with E-state index in [0.29, 0.717) is 23.6 Å². The van der Waals surface area contributed by atoms with Crippen LogP contribution < -0.4 is 9.47 Å². The van der Waals surface area contributed by atoms with E-state index < -0.39 is 5.97 Å². The molecule has 136 valence electrons. The Bertz CT molecular complexity index is 901. The topological polar surface area (TPSA) is 58.9 Å². The van der Waals surface area contributed by atoms with Gasteiger partial charge in [0.25, 0.3) is 0 Å². The molecule has 6 heteroatoms. The number of carbonyl (C=O) groups is 1. The first-order valence-corrected chi connectivity index (χ1v) is 8.13. The number of rotatable bonds is 7. The Kier molecular flexibility index (Phi) is 5.43. The molecule has 3 aromatic rings. The van der Waals surface area contributed by atoms with Crippen molar-refractivity contribution in [3.63, 3.8) is 0 Å². The van der Waals surface area contributed by atoms with E-state index in [-0.39, 0.29) is 6.79 Å². The van der Waals surface area contributed by atoms with Crippen LogP contribution in [0.15, 0.2) is 48.7 Å². The quantitative estimate of drug-likeness (QED) is 0.480. The van der Waals surface area contributed by atoms with Crippen molar-refractivity contribution in [3.8, 4) is 11.5 Å². The van der Waals surface area contributed by atoms with Gasteiger partial charge in [-0.2, -0.15) is 0 Å². The van der Waals surface area contributed by atoms with Crippen LogP contribution >= 0.6 is 0 Å². The zero-order valence-electron chi connectivity index (χ0n) is 15.0. The Labute approximate surface area is 151 Å². The lowest BCUT2D eigenvalue weighted by atomic mass is 10.1. The summed E-state index contributed by atoms with van der Waals surface area (Å²) in [5, 5.41) is 0.736. The molecule has 0 saturated carbocycles. The fraction of sp³-hybridized carbons (Fsp3) is 0.250. The van der Waals surface area contributed by atoms with E-state index in [2.05, 4.69) is 0 Å². The van der Waals surface area contributed by atoms with Crippen LogP contribution in [0.1, 0.15) is 15.9 Å². The Balaban J connectivity index is 2.20. The van der Waals surface area contributed by atoms with Crippen LogP contribution in [0.25, 0.3) is 10.9 Å². The number of carbonyl (C=O) groups excluding carboxylic acids is 1. The second-order valence-electron chi connectivity index (χ2n) is 5.69. The zero-order chi connectivity index (χ0) is 18.5. The lowest BCUT2D eigenvalue weighted by molar-refractivity contribution is 0.0500. The molecule has 0 bridgehead atoms. The summed E-state index contributed by atoms with van der Waals surface area (Å²) < 4.78 is 23.2. The molecule has 0 amide bonds. The molecule has 1 heterocycles. The molecule has 0 radical (unpaired) electrons. The van der Waals surface area contributed by atoms with Crippen LogP contribution in [0.2, 0.25) is 0 Å². The fourth-order valence-corrected chi connectivity index (χ4v) is 2.93. The number of benzene rings is 2. The Morgan fingerprint density at radius 3 is 2.50 bits per heavy atom. The average Bonchev–Trinajstić information content (AvgIpc) is 3.09. The maximum atomic E-state index is 12.2. The highest BCUT2D eigenvalue weighted by atomic mass is 16.7. The number of methoxy groups -OCH3 is 3. The minimum atomic E-state index is -0.427. The van der Waals surface area contributed by atoms with E-state index in [1.54, 1.807) is 13.2 Å². The van der Waals surface area contributed by atoms with E-state index in [1.165, 1.54) is 14.2 Å². The van der Waals surface area contributed by atoms with E-state index in [1.807, 2.05) is 47.2 Å². The normalized spacial score (nSPS) is 10.7. The standard InChI is InChI=1S/C20H21NO5/c1-23-13-26-19-17(24-2)11-16(20(22)25-3)15-9-10-21(18(15)19)12-14-7-5-4-6-8-14/h4-11H,12-13H2,1-3H3. The Morgan fingerprint density at radius 1 is 1.08 bits per heavy atom. The molecule has 6 nitrogen and oxygen atoms in total. The highest BCUT2D eigenvalue weighted by Crippen LogP contribution is 2.39. The van der Waals surface area contributed by atoms with Crippen LogP contribution in [0.4, 0.5) is 0 Å². The van der Waals surface area contributed by atoms with Crippen molar-refractivity contribution in [1.82, 2.24) is 4.57 Å². The Morgan fingerprint density at radius 2 is 1.85 bits per heavy atom. The molecule has 2 aromatic carbocycles. The predicted octanol–water partition coefficient (Wildman–Crippen LogP) is 3.47. The predicted molar refractivity (Wildman–Crippen MR) is 97.9 cm³/mol. The minimum Gasteiger partial charge on any atom is -0.493 e. The number of esters is 1. The summed E-state index contributed by atoms with van der Waals surface area (Å²) in [5.74, 6) is 0.546. The van der Waals surface area contributed by atoms with Crippen LogP contribution in [-0.4, -0.2) is 38.7 Å². The van der Waals surface area contributed by atoms with Crippen molar-refractivity contribution in [3.05, 3.63) is 59.8 Å². The summed E-state index contributed by atoms with van der Waals surface area (Å²) in [6.07, 6.45) is 1.92. The van der Waals surface area contributed by atoms with Gasteiger partial charge in [0.15, 0.2) is 18.3 Å². The van der Waals surface area contributed by atoms with Crippen LogP contribution in [-0.2, 0) is 16.0 Å². The van der Waals surface area contributed by atoms with Gasteiger partial charge in [-0.25, -0.2) is 4.79 Å². The molecular weight excluding hydrogens is 334 g/mol. The van der Waals surface area contributed by atoms with Gasteiger partial charge < -0.3 is 23.5 Å². The van der Waals surface area contributed by atoms with Gasteiger partial charge in [-0.05, 0) is 17.7 Å². The third kappa shape index (κ3) is 3.36. The number of ether oxygens (including phenoxy) is 4. The fourth-order valence-electron chi connectivity index (χ4n) is 2.93. The summed E-state index contributed by atoms with van der Waals surface area (Å²) >= 11 is 0. The second-order valence-corrected chi connectivity index (χ2v) is 5.69. The molecule has 0 spiro atoms. The number of hydrogen-bond acceptors (Lipinski definition) is 5. The second kappa shape index (κ2) is 7.93. The SMILES string of the molecule is COCOc1c(OC)cc(C(=O)OC)c2ccn(Cc3ccccc3)c12. The number of fused-ring (bicyclic) bond motifs is 1. The minimum absolute atomic E-state index is 0.0690. The van der Waals surface area contributed by atoms with Gasteiger partial charge in [0, 0.05) is 25.2 Å². The number of hydrogen-bond donors (Lipinski definition) is 0. The molecule has 0 unspecified atom stereocenters.